The number of anilines is 1. The molecule has 0 aromatic carbocycles. The summed E-state index contributed by atoms with van der Waals surface area (Å²) < 4.78 is 0. The molecule has 0 saturated heterocycles. The minimum absolute atomic E-state index is 0.671. The first-order valence-electron chi connectivity index (χ1n) is 6.24. The van der Waals surface area contributed by atoms with E-state index in [1.165, 1.54) is 18.4 Å². The van der Waals surface area contributed by atoms with E-state index in [4.69, 9.17) is 0 Å². The molecule has 1 saturated carbocycles. The summed E-state index contributed by atoms with van der Waals surface area (Å²) in [5.41, 5.74) is 2.38. The second kappa shape index (κ2) is 5.32. The Morgan fingerprint density at radius 2 is 2.29 bits per heavy atom. The predicted molar refractivity (Wildman–Crippen MR) is 72.3 cm³/mol. The first-order valence-corrected chi connectivity index (χ1v) is 6.24. The zero-order chi connectivity index (χ0) is 12.3. The molecule has 0 aliphatic heterocycles. The van der Waals surface area contributed by atoms with E-state index in [0.29, 0.717) is 6.04 Å². The van der Waals surface area contributed by atoms with Crippen molar-refractivity contribution in [1.29, 1.82) is 0 Å². The number of hydrogen-bond donors (Lipinski definition) is 1. The maximum Gasteiger partial charge on any atom is 0.129 e. The van der Waals surface area contributed by atoms with Gasteiger partial charge in [-0.3, -0.25) is 0 Å². The minimum Gasteiger partial charge on any atom is -0.350 e. The summed E-state index contributed by atoms with van der Waals surface area (Å²) in [5.74, 6) is 1.10. The van der Waals surface area contributed by atoms with Crippen molar-refractivity contribution in [2.75, 3.05) is 18.5 Å². The molecule has 0 spiro atoms. The van der Waals surface area contributed by atoms with E-state index in [0.717, 1.165) is 24.6 Å². The van der Waals surface area contributed by atoms with Crippen molar-refractivity contribution in [3.63, 3.8) is 0 Å². The van der Waals surface area contributed by atoms with Crippen LogP contribution >= 0.6 is 0 Å². The van der Waals surface area contributed by atoms with Crippen molar-refractivity contribution < 1.29 is 0 Å². The van der Waals surface area contributed by atoms with Crippen LogP contribution in [-0.2, 0) is 6.54 Å². The van der Waals surface area contributed by atoms with Gasteiger partial charge < -0.3 is 10.2 Å². The van der Waals surface area contributed by atoms with E-state index in [1.54, 1.807) is 0 Å². The Kier molecular flexibility index (Phi) is 3.79. The van der Waals surface area contributed by atoms with Crippen molar-refractivity contribution in [3.05, 3.63) is 36.0 Å². The van der Waals surface area contributed by atoms with Gasteiger partial charge in [-0.25, -0.2) is 4.98 Å². The van der Waals surface area contributed by atoms with E-state index in [-0.39, 0.29) is 0 Å². The van der Waals surface area contributed by atoms with Gasteiger partial charge in [-0.2, -0.15) is 0 Å². The fourth-order valence-corrected chi connectivity index (χ4v) is 2.13. The van der Waals surface area contributed by atoms with Gasteiger partial charge in [0, 0.05) is 24.8 Å². The summed E-state index contributed by atoms with van der Waals surface area (Å²) in [5, 5.41) is 3.19. The van der Waals surface area contributed by atoms with Crippen molar-refractivity contribution >= 4 is 5.82 Å². The van der Waals surface area contributed by atoms with Gasteiger partial charge in [0.15, 0.2) is 0 Å². The van der Waals surface area contributed by atoms with Crippen molar-refractivity contribution in [1.82, 2.24) is 10.3 Å². The molecule has 0 radical (unpaired) electrons. The van der Waals surface area contributed by atoms with Crippen LogP contribution in [0, 0.1) is 6.92 Å². The van der Waals surface area contributed by atoms with Gasteiger partial charge in [0.05, 0.1) is 0 Å². The Balaban J connectivity index is 2.24. The molecule has 1 aromatic rings. The highest BCUT2D eigenvalue weighted by atomic mass is 15.2. The molecule has 1 aliphatic carbocycles. The van der Waals surface area contributed by atoms with Crippen molar-refractivity contribution in [2.45, 2.75) is 32.4 Å². The molecule has 1 fully saturated rings. The Morgan fingerprint density at radius 1 is 1.53 bits per heavy atom. The molecule has 0 amide bonds. The van der Waals surface area contributed by atoms with Gasteiger partial charge in [-0.1, -0.05) is 6.08 Å². The van der Waals surface area contributed by atoms with Gasteiger partial charge in [0.1, 0.15) is 5.82 Å². The molecule has 3 heteroatoms. The molecular weight excluding hydrogens is 210 g/mol. The van der Waals surface area contributed by atoms with E-state index in [9.17, 15) is 0 Å². The Hall–Kier alpha value is -1.35. The fourth-order valence-electron chi connectivity index (χ4n) is 2.13. The zero-order valence-corrected chi connectivity index (χ0v) is 10.7. The molecule has 1 aliphatic rings. The summed E-state index contributed by atoms with van der Waals surface area (Å²) in [4.78, 5) is 7.01. The molecule has 3 nitrogen and oxygen atoms in total. The third kappa shape index (κ3) is 3.07. The van der Waals surface area contributed by atoms with E-state index in [1.807, 2.05) is 13.1 Å². The largest absolute Gasteiger partial charge is 0.350 e. The Labute approximate surface area is 104 Å². The van der Waals surface area contributed by atoms with Gasteiger partial charge in [-0.15, -0.1) is 6.58 Å². The lowest BCUT2D eigenvalue weighted by Crippen LogP contribution is -2.27. The summed E-state index contributed by atoms with van der Waals surface area (Å²) in [7, 11) is 1.97. The highest BCUT2D eigenvalue weighted by molar-refractivity contribution is 5.45. The lowest BCUT2D eigenvalue weighted by molar-refractivity contribution is 0.800. The molecule has 0 atom stereocenters. The molecule has 1 heterocycles. The van der Waals surface area contributed by atoms with E-state index < -0.39 is 0 Å². The van der Waals surface area contributed by atoms with Gasteiger partial charge in [-0.05, 0) is 44.5 Å². The lowest BCUT2D eigenvalue weighted by Gasteiger charge is -2.23. The maximum atomic E-state index is 4.65. The topological polar surface area (TPSA) is 28.2 Å². The predicted octanol–water partition coefficient (Wildman–Crippen LogP) is 2.26. The fraction of sp³-hybridized carbons (Fsp3) is 0.500. The average Bonchev–Trinajstić information content (AvgIpc) is 3.09. The number of rotatable bonds is 6. The van der Waals surface area contributed by atoms with Crippen LogP contribution in [0.1, 0.15) is 24.1 Å². The lowest BCUT2D eigenvalue weighted by atomic mass is 10.2. The third-order valence-electron chi connectivity index (χ3n) is 2.99. The maximum absolute atomic E-state index is 4.65. The van der Waals surface area contributed by atoms with Gasteiger partial charge in [0.25, 0.3) is 0 Å². The molecular formula is C14H21N3. The van der Waals surface area contributed by atoms with E-state index >= 15 is 0 Å². The second-order valence-electron chi connectivity index (χ2n) is 4.68. The van der Waals surface area contributed by atoms with Crippen LogP contribution in [0.25, 0.3) is 0 Å². The van der Waals surface area contributed by atoms with Gasteiger partial charge >= 0.3 is 0 Å². The zero-order valence-electron chi connectivity index (χ0n) is 10.7. The summed E-state index contributed by atoms with van der Waals surface area (Å²) in [6.45, 7) is 7.67. The van der Waals surface area contributed by atoms with Crippen LogP contribution in [-0.4, -0.2) is 24.6 Å². The summed E-state index contributed by atoms with van der Waals surface area (Å²) >= 11 is 0. The Bertz CT molecular complexity index is 396. The molecule has 0 unspecified atom stereocenters. The quantitative estimate of drug-likeness (QED) is 0.761. The normalized spacial score (nSPS) is 14.7. The highest BCUT2D eigenvalue weighted by Gasteiger charge is 2.29. The highest BCUT2D eigenvalue weighted by Crippen LogP contribution is 2.31. The first-order chi connectivity index (χ1) is 8.24. The number of nitrogens with one attached hydrogen (secondary N) is 1. The number of aryl methyl sites for hydroxylation is 1. The summed E-state index contributed by atoms with van der Waals surface area (Å²) in [6, 6.07) is 4.99. The molecule has 1 aromatic heterocycles. The van der Waals surface area contributed by atoms with E-state index in [2.05, 4.69) is 40.8 Å². The smallest absolute Gasteiger partial charge is 0.129 e. The van der Waals surface area contributed by atoms with Crippen molar-refractivity contribution in [3.8, 4) is 0 Å². The first kappa shape index (κ1) is 12.1. The molecule has 1 N–H and O–H groups in total. The standard InChI is InChI=1S/C14H21N3/c1-4-7-17(13-5-6-13)14-9-12(10-15-3)8-11(2)16-14/h4,8-9,13,15H,1,5-7,10H2,2-3H3. The molecule has 92 valence electrons. The molecule has 0 bridgehead atoms. The number of pyridine rings is 1. The molecule has 17 heavy (non-hydrogen) atoms. The SMILES string of the molecule is C=CCN(c1cc(CNC)cc(C)n1)C1CC1. The second-order valence-corrected chi connectivity index (χ2v) is 4.68. The molecule has 2 rings (SSSR count). The number of nitrogens with zero attached hydrogens (tertiary/aromatic N) is 2. The van der Waals surface area contributed by atoms with Crippen LogP contribution in [0.2, 0.25) is 0 Å². The van der Waals surface area contributed by atoms with Crippen molar-refractivity contribution in [2.24, 2.45) is 0 Å². The number of hydrogen-bond acceptors (Lipinski definition) is 3. The minimum atomic E-state index is 0.671. The van der Waals surface area contributed by atoms with Crippen LogP contribution < -0.4 is 10.2 Å². The van der Waals surface area contributed by atoms with Crippen LogP contribution in [0.5, 0.6) is 0 Å². The average molecular weight is 231 g/mol. The monoisotopic (exact) mass is 231 g/mol. The third-order valence-corrected chi connectivity index (χ3v) is 2.99. The van der Waals surface area contributed by atoms with Crippen LogP contribution in [0.3, 0.4) is 0 Å². The number of aromatic nitrogens is 1. The van der Waals surface area contributed by atoms with Crippen LogP contribution in [0.15, 0.2) is 24.8 Å². The van der Waals surface area contributed by atoms with Crippen LogP contribution in [0.4, 0.5) is 5.82 Å². The van der Waals surface area contributed by atoms with Gasteiger partial charge in [0.2, 0.25) is 0 Å². The Morgan fingerprint density at radius 3 is 2.88 bits per heavy atom. The summed E-state index contributed by atoms with van der Waals surface area (Å²) in [6.07, 6.45) is 4.52.